The molecular weight excluding hydrogens is 1250 g/mol. The van der Waals surface area contributed by atoms with Gasteiger partial charge in [-0.25, -0.2) is 48.2 Å². The highest BCUT2D eigenvalue weighted by molar-refractivity contribution is 7.96. The van der Waals surface area contributed by atoms with Crippen molar-refractivity contribution < 1.29 is 33.7 Å². The number of likely N-dealkylation sites (tertiary alicyclic amines) is 4. The van der Waals surface area contributed by atoms with Gasteiger partial charge in [0.25, 0.3) is 10.1 Å². The van der Waals surface area contributed by atoms with E-state index < -0.39 is 135 Å². The fraction of sp³-hybridized carbons (Fsp3) is 0.652. The van der Waals surface area contributed by atoms with Gasteiger partial charge in [-0.3, -0.25) is 0 Å². The standard InChI is InChI=1S/C69H88N12O8S4/c1-65(2)36-49(53(44-70)56(40-65)78-24-12-13-25-78)60(47-73)90(82,83)32-20-69(21-33-91(84,85)61(48-74)50-37-66(3,4)41-57(54(50)45-71)79-26-14-15-27-79,22-34-92(86,87)63(76-10)51-38-67(5,6)42-58(55(51)46-72)80-28-16-17-29-80)23-35-93(88,89)64(77-11)52-39-68(7,8)43-59(62(52)75-9)81-30-18-19-31-81/h12-43H2,1-8H3/b60-49+,61-50+,63-51-,64-52+. The summed E-state index contributed by atoms with van der Waals surface area (Å²) in [5, 5.41) is 53.3. The summed E-state index contributed by atoms with van der Waals surface area (Å²) in [4.78, 5) is 17.8. The summed E-state index contributed by atoms with van der Waals surface area (Å²) in [6.45, 7) is 45.7. The lowest BCUT2D eigenvalue weighted by molar-refractivity contribution is 0.244. The zero-order valence-corrected chi connectivity index (χ0v) is 58.7. The van der Waals surface area contributed by atoms with Crippen molar-refractivity contribution in [1.82, 2.24) is 19.6 Å². The summed E-state index contributed by atoms with van der Waals surface area (Å²) in [6.07, 6.45) is 5.59. The average molecular weight is 1340 g/mol. The molecular formula is C69H88N12O8S4. The third-order valence-corrected chi connectivity index (χ3v) is 27.0. The fourth-order valence-electron chi connectivity index (χ4n) is 15.5. The van der Waals surface area contributed by atoms with Crippen molar-refractivity contribution in [3.8, 4) is 30.3 Å². The fourth-order valence-corrected chi connectivity index (χ4v) is 21.9. The molecule has 24 heteroatoms. The van der Waals surface area contributed by atoms with Gasteiger partial charge in [-0.2, -0.15) is 26.3 Å². The summed E-state index contributed by atoms with van der Waals surface area (Å²) < 4.78 is 124. The maximum atomic E-state index is 15.5. The maximum absolute atomic E-state index is 15.5. The van der Waals surface area contributed by atoms with Crippen LogP contribution in [0, 0.1) is 103 Å². The molecule has 0 bridgehead atoms. The SMILES string of the molecule is [C-]#[N+]C1=C(N2CCCC2)CC(C)(C)C/C1=C(/[N+]#[C-])S(=O)(=O)CCC(CCS(=O)(=O)/C([N+]#[C-])=C1/CC(C)(C)CC(N2CCCC2)=C1C#N)(CCS(=O)(=O)/C(C#N)=C1\CC(C)(C)CC(N2CCCC2)=C1C#N)CCS(=O)(=O)/C(C#N)=C1\CC(C)(C)CC(N2CCCC2)=C1C#N. The van der Waals surface area contributed by atoms with Gasteiger partial charge in [-0.05, 0) is 167 Å². The molecule has 0 saturated carbocycles. The first-order valence-corrected chi connectivity index (χ1v) is 39.1. The van der Waals surface area contributed by atoms with Crippen molar-refractivity contribution in [1.29, 1.82) is 26.3 Å². The van der Waals surface area contributed by atoms with Gasteiger partial charge in [0, 0.05) is 97.8 Å². The number of hydrogen-bond donors (Lipinski definition) is 0. The Morgan fingerprint density at radius 1 is 0.398 bits per heavy atom. The molecule has 0 N–H and O–H groups in total. The van der Waals surface area contributed by atoms with Gasteiger partial charge in [-0.1, -0.05) is 55.4 Å². The van der Waals surface area contributed by atoms with Crippen molar-refractivity contribution in [3.63, 3.8) is 0 Å². The highest BCUT2D eigenvalue weighted by atomic mass is 32.2. The first-order valence-electron chi connectivity index (χ1n) is 32.5. The molecule has 0 aromatic carbocycles. The third kappa shape index (κ3) is 15.7. The molecule has 0 spiro atoms. The predicted octanol–water partition coefficient (Wildman–Crippen LogP) is 12.1. The van der Waals surface area contributed by atoms with Gasteiger partial charge in [-0.15, -0.1) is 0 Å². The molecule has 0 radical (unpaired) electrons. The van der Waals surface area contributed by atoms with Crippen molar-refractivity contribution in [3.05, 3.63) is 122 Å². The summed E-state index contributed by atoms with van der Waals surface area (Å²) in [5.41, 5.74) is -1.99. The topological polar surface area (TPSA) is 282 Å². The lowest BCUT2D eigenvalue weighted by Crippen LogP contribution is -2.34. The molecule has 20 nitrogen and oxygen atoms in total. The third-order valence-electron chi connectivity index (χ3n) is 20.2. The Morgan fingerprint density at radius 2 is 0.656 bits per heavy atom. The quantitative estimate of drug-likeness (QED) is 0.0808. The minimum absolute atomic E-state index is 0.000512. The van der Waals surface area contributed by atoms with Crippen LogP contribution in [0.3, 0.4) is 0 Å². The largest absolute Gasteiger partial charge is 0.384 e. The second-order valence-electron chi connectivity index (χ2n) is 30.0. The molecule has 4 aliphatic heterocycles. The molecule has 4 heterocycles. The van der Waals surface area contributed by atoms with Gasteiger partial charge in [0.1, 0.15) is 34.1 Å². The highest BCUT2D eigenvalue weighted by Gasteiger charge is 2.46. The van der Waals surface area contributed by atoms with Crippen LogP contribution in [0.15, 0.2) is 87.4 Å². The van der Waals surface area contributed by atoms with Gasteiger partial charge < -0.3 is 19.6 Å². The van der Waals surface area contributed by atoms with Crippen LogP contribution >= 0.6 is 0 Å². The number of sulfone groups is 4. The maximum Gasteiger partial charge on any atom is 0.282 e. The average Bonchev–Trinajstić information content (AvgIpc) is 0.849. The lowest BCUT2D eigenvalue weighted by Gasteiger charge is -2.38. The van der Waals surface area contributed by atoms with Crippen LogP contribution in [0.25, 0.3) is 14.5 Å². The molecule has 4 aliphatic carbocycles. The van der Waals surface area contributed by atoms with Gasteiger partial charge in [0.05, 0.1) is 54.0 Å². The van der Waals surface area contributed by atoms with Crippen LogP contribution in [0.5, 0.6) is 0 Å². The zero-order chi connectivity index (χ0) is 68.3. The van der Waals surface area contributed by atoms with Crippen molar-refractivity contribution in [2.45, 2.75) is 184 Å². The Bertz CT molecular complexity index is 3650. The molecule has 0 unspecified atom stereocenters. The second-order valence-corrected chi connectivity index (χ2v) is 38.1. The van der Waals surface area contributed by atoms with E-state index in [2.05, 4.69) is 32.7 Å². The zero-order valence-electron chi connectivity index (χ0n) is 55.4. The van der Waals surface area contributed by atoms with E-state index in [4.69, 9.17) is 19.7 Å². The minimum Gasteiger partial charge on any atom is -0.384 e. The Balaban J connectivity index is 1.34. The number of rotatable bonds is 20. The van der Waals surface area contributed by atoms with Gasteiger partial charge in [0.15, 0.2) is 45.0 Å². The number of allylic oxidation sites excluding steroid dienone is 13. The first kappa shape index (κ1) is 71.7. The van der Waals surface area contributed by atoms with Crippen LogP contribution in [0.1, 0.15) is 184 Å². The molecule has 0 atom stereocenters. The van der Waals surface area contributed by atoms with E-state index in [1.165, 1.54) is 0 Å². The van der Waals surface area contributed by atoms with Crippen LogP contribution in [-0.2, 0) is 39.3 Å². The van der Waals surface area contributed by atoms with Gasteiger partial charge in [0.2, 0.25) is 0 Å². The smallest absolute Gasteiger partial charge is 0.282 e. The lowest BCUT2D eigenvalue weighted by atomic mass is 9.73. The van der Waals surface area contributed by atoms with E-state index in [1.54, 1.807) is 0 Å². The summed E-state index contributed by atoms with van der Waals surface area (Å²) >= 11 is 0. The number of nitrogens with zero attached hydrogens (tertiary/aromatic N) is 12. The Kier molecular flexibility index (Phi) is 21.3. The highest BCUT2D eigenvalue weighted by Crippen LogP contribution is 2.52. The van der Waals surface area contributed by atoms with Crippen LogP contribution in [0.4, 0.5) is 0 Å². The van der Waals surface area contributed by atoms with E-state index in [0.717, 1.165) is 51.4 Å². The molecule has 4 saturated heterocycles. The first-order chi connectivity index (χ1) is 43.6. The monoisotopic (exact) mass is 1340 g/mol. The van der Waals surface area contributed by atoms with Crippen molar-refractivity contribution in [2.75, 3.05) is 75.4 Å². The molecule has 8 aliphatic rings. The minimum atomic E-state index is -4.88. The molecule has 93 heavy (non-hydrogen) atoms. The number of hydrogen-bond acceptors (Lipinski definition) is 17. The summed E-state index contributed by atoms with van der Waals surface area (Å²) in [5.74, 6) is -3.99. The van der Waals surface area contributed by atoms with E-state index >= 15 is 33.7 Å². The van der Waals surface area contributed by atoms with E-state index in [1.807, 2.05) is 87.1 Å². The molecule has 8 rings (SSSR count). The molecule has 496 valence electrons. The van der Waals surface area contributed by atoms with E-state index in [0.29, 0.717) is 101 Å². The number of nitriles is 5. The summed E-state index contributed by atoms with van der Waals surface area (Å²) in [7, 11) is -19.5. The van der Waals surface area contributed by atoms with Crippen molar-refractivity contribution in [2.24, 2.45) is 27.1 Å². The van der Waals surface area contributed by atoms with Crippen LogP contribution in [-0.4, -0.2) is 129 Å². The molecule has 0 amide bonds. The van der Waals surface area contributed by atoms with Crippen LogP contribution in [0.2, 0.25) is 0 Å². The molecule has 0 aromatic heterocycles. The Hall–Kier alpha value is -7.16. The Labute approximate surface area is 553 Å². The van der Waals surface area contributed by atoms with Gasteiger partial charge >= 0.3 is 0 Å². The second kappa shape index (κ2) is 27.7. The van der Waals surface area contributed by atoms with Crippen molar-refractivity contribution >= 4 is 39.3 Å². The van der Waals surface area contributed by atoms with Crippen LogP contribution < -0.4 is 0 Å². The van der Waals surface area contributed by atoms with E-state index in [9.17, 15) is 26.3 Å². The van der Waals surface area contributed by atoms with E-state index in [-0.39, 0.29) is 70.4 Å². The molecule has 4 fully saturated rings. The Morgan fingerprint density at radius 3 is 0.946 bits per heavy atom. The normalized spacial score (nSPS) is 24.1. The molecule has 0 aromatic rings. The summed E-state index contributed by atoms with van der Waals surface area (Å²) in [6, 6.07) is 10.4. The predicted molar refractivity (Wildman–Crippen MR) is 355 cm³/mol.